The molecule has 40 heavy (non-hydrogen) atoms. The predicted octanol–water partition coefficient (Wildman–Crippen LogP) is 4.12. The Balaban J connectivity index is 1.89. The first-order chi connectivity index (χ1) is 19.1. The van der Waals surface area contributed by atoms with Gasteiger partial charge in [-0.2, -0.15) is 0 Å². The summed E-state index contributed by atoms with van der Waals surface area (Å²) in [6.45, 7) is 1.66. The molecular weight excluding hydrogens is 568 g/mol. The standard InChI is InChI=1S/C25H33NO12P2/c1-18(27)36-23-22(26-39(29,31-3)32-4)17-33-25(24(23)37-19(2)28)38-40(30,34-15-20-11-7-5-8-12-20)35-16-21-13-9-6-10-14-21/h5-14,22-25H,15-17H2,1-4H3,(H,26,29)/t22-,23-,24+,25+/m0/s1. The molecule has 3 rings (SSSR count). The Hall–Kier alpha value is -2.44. The van der Waals surface area contributed by atoms with Crippen LogP contribution < -0.4 is 5.09 Å². The predicted molar refractivity (Wildman–Crippen MR) is 141 cm³/mol. The number of carbonyl (C=O) groups excluding carboxylic acids is 2. The molecule has 0 aromatic heterocycles. The van der Waals surface area contributed by atoms with Gasteiger partial charge in [0.2, 0.25) is 6.29 Å². The van der Waals surface area contributed by atoms with Crippen molar-refractivity contribution in [1.82, 2.24) is 5.09 Å². The Morgan fingerprint density at radius 3 is 1.75 bits per heavy atom. The van der Waals surface area contributed by atoms with Crippen LogP contribution in [0, 0.1) is 0 Å². The number of ether oxygens (including phenoxy) is 3. The summed E-state index contributed by atoms with van der Waals surface area (Å²) in [5, 5.41) is 2.60. The van der Waals surface area contributed by atoms with E-state index in [1.54, 1.807) is 48.5 Å². The lowest BCUT2D eigenvalue weighted by molar-refractivity contribution is -0.240. The second-order valence-corrected chi connectivity index (χ2v) is 12.1. The molecule has 0 bridgehead atoms. The summed E-state index contributed by atoms with van der Waals surface area (Å²) in [5.74, 6) is -1.53. The van der Waals surface area contributed by atoms with Gasteiger partial charge in [-0.05, 0) is 11.1 Å². The van der Waals surface area contributed by atoms with E-state index in [1.807, 2.05) is 12.1 Å². The SMILES string of the molecule is COP(=O)(N[C@H]1CO[C@H](OP(=O)(OCc2ccccc2)OCc2ccccc2)[C@H](OC(C)=O)[C@H]1OC(C)=O)OC. The largest absolute Gasteiger partial charge is 0.477 e. The maximum absolute atomic E-state index is 13.9. The van der Waals surface area contributed by atoms with E-state index >= 15 is 0 Å². The van der Waals surface area contributed by atoms with E-state index in [9.17, 15) is 18.7 Å². The van der Waals surface area contributed by atoms with Gasteiger partial charge in [-0.1, -0.05) is 60.7 Å². The fourth-order valence-electron chi connectivity index (χ4n) is 3.69. The lowest BCUT2D eigenvalue weighted by Gasteiger charge is -2.41. The van der Waals surface area contributed by atoms with Crippen molar-refractivity contribution in [2.75, 3.05) is 20.8 Å². The van der Waals surface area contributed by atoms with Gasteiger partial charge in [0.15, 0.2) is 12.2 Å². The molecule has 1 aliphatic heterocycles. The third kappa shape index (κ3) is 9.59. The second-order valence-electron chi connectivity index (χ2n) is 8.52. The summed E-state index contributed by atoms with van der Waals surface area (Å²) in [6.07, 6.45) is -4.38. The Morgan fingerprint density at radius 2 is 1.30 bits per heavy atom. The maximum atomic E-state index is 13.9. The van der Waals surface area contributed by atoms with E-state index < -0.39 is 52.0 Å². The summed E-state index contributed by atoms with van der Waals surface area (Å²) in [6, 6.07) is 16.8. The molecule has 0 unspecified atom stereocenters. The van der Waals surface area contributed by atoms with Crippen molar-refractivity contribution in [3.63, 3.8) is 0 Å². The van der Waals surface area contributed by atoms with Crippen LogP contribution in [0.5, 0.6) is 0 Å². The summed E-state index contributed by atoms with van der Waals surface area (Å²) in [5.41, 5.74) is 1.38. The van der Waals surface area contributed by atoms with E-state index in [2.05, 4.69) is 5.09 Å². The number of rotatable bonds is 14. The monoisotopic (exact) mass is 601 g/mol. The van der Waals surface area contributed by atoms with Gasteiger partial charge in [0.25, 0.3) is 0 Å². The second kappa shape index (κ2) is 15.0. The number of carbonyl (C=O) groups is 2. The van der Waals surface area contributed by atoms with Crippen molar-refractivity contribution in [3.05, 3.63) is 71.8 Å². The fourth-order valence-corrected chi connectivity index (χ4v) is 5.93. The minimum Gasteiger partial charge on any atom is -0.457 e. The first kappa shape index (κ1) is 32.1. The molecule has 2 aromatic carbocycles. The average Bonchev–Trinajstić information content (AvgIpc) is 2.94. The quantitative estimate of drug-likeness (QED) is 0.244. The number of benzene rings is 2. The molecule has 1 saturated heterocycles. The Bertz CT molecular complexity index is 1140. The molecule has 15 heteroatoms. The van der Waals surface area contributed by atoms with Gasteiger partial charge < -0.3 is 23.3 Å². The molecule has 1 fully saturated rings. The molecular formula is C25H33NO12P2. The summed E-state index contributed by atoms with van der Waals surface area (Å²) < 4.78 is 70.0. The summed E-state index contributed by atoms with van der Waals surface area (Å²) >= 11 is 0. The molecule has 2 aromatic rings. The number of nitrogens with one attached hydrogen (secondary N) is 1. The minimum atomic E-state index is -4.41. The molecule has 0 aliphatic carbocycles. The molecule has 0 saturated carbocycles. The van der Waals surface area contributed by atoms with Crippen molar-refractivity contribution >= 4 is 27.5 Å². The van der Waals surface area contributed by atoms with Crippen LogP contribution in [0.3, 0.4) is 0 Å². The van der Waals surface area contributed by atoms with Crippen molar-refractivity contribution in [1.29, 1.82) is 0 Å². The smallest absolute Gasteiger partial charge is 0.457 e. The van der Waals surface area contributed by atoms with Gasteiger partial charge in [0, 0.05) is 28.1 Å². The van der Waals surface area contributed by atoms with Crippen LogP contribution in [0.4, 0.5) is 0 Å². The van der Waals surface area contributed by atoms with E-state index in [4.69, 9.17) is 36.8 Å². The molecule has 0 amide bonds. The van der Waals surface area contributed by atoms with E-state index in [-0.39, 0.29) is 19.8 Å². The maximum Gasteiger partial charge on any atom is 0.477 e. The Labute approximate surface area is 232 Å². The van der Waals surface area contributed by atoms with Crippen LogP contribution in [0.2, 0.25) is 0 Å². The van der Waals surface area contributed by atoms with Crippen molar-refractivity contribution in [2.45, 2.75) is 51.6 Å². The topological polar surface area (TPSA) is 154 Å². The number of esters is 2. The third-order valence-electron chi connectivity index (χ3n) is 5.53. The molecule has 1 heterocycles. The normalized spacial score (nSPS) is 21.5. The fraction of sp³-hybridized carbons (Fsp3) is 0.440. The molecule has 0 radical (unpaired) electrons. The summed E-state index contributed by atoms with van der Waals surface area (Å²) in [7, 11) is -5.95. The highest BCUT2D eigenvalue weighted by Crippen LogP contribution is 2.53. The van der Waals surface area contributed by atoms with Gasteiger partial charge in [0.1, 0.15) is 0 Å². The van der Waals surface area contributed by atoms with Gasteiger partial charge in [0.05, 0.1) is 25.9 Å². The average molecular weight is 601 g/mol. The number of hydrogen-bond donors (Lipinski definition) is 1. The Kier molecular flexibility index (Phi) is 12.0. The number of hydrogen-bond acceptors (Lipinski definition) is 12. The van der Waals surface area contributed by atoms with Crippen LogP contribution in [0.15, 0.2) is 60.7 Å². The lowest BCUT2D eigenvalue weighted by atomic mass is 10.0. The van der Waals surface area contributed by atoms with Gasteiger partial charge >= 0.3 is 27.5 Å². The van der Waals surface area contributed by atoms with Gasteiger partial charge in [-0.3, -0.25) is 23.2 Å². The number of phosphoric acid groups is 1. The van der Waals surface area contributed by atoms with Gasteiger partial charge in [-0.25, -0.2) is 14.2 Å². The highest BCUT2D eigenvalue weighted by Gasteiger charge is 2.50. The van der Waals surface area contributed by atoms with E-state index in [1.165, 1.54) is 0 Å². The van der Waals surface area contributed by atoms with Crippen LogP contribution >= 0.6 is 15.6 Å². The van der Waals surface area contributed by atoms with Crippen LogP contribution in [0.25, 0.3) is 0 Å². The minimum absolute atomic E-state index is 0.139. The number of phosphoric ester groups is 1. The lowest BCUT2D eigenvalue weighted by Crippen LogP contribution is -2.60. The van der Waals surface area contributed by atoms with Crippen molar-refractivity contribution < 1.29 is 55.5 Å². The highest BCUT2D eigenvalue weighted by atomic mass is 31.2. The molecule has 13 nitrogen and oxygen atoms in total. The van der Waals surface area contributed by atoms with E-state index in [0.29, 0.717) is 11.1 Å². The molecule has 1 aliphatic rings. The zero-order valence-electron chi connectivity index (χ0n) is 22.5. The zero-order chi connectivity index (χ0) is 29.2. The Morgan fingerprint density at radius 1 is 0.825 bits per heavy atom. The first-order valence-electron chi connectivity index (χ1n) is 12.2. The molecule has 1 N–H and O–H groups in total. The van der Waals surface area contributed by atoms with Gasteiger partial charge in [-0.15, -0.1) is 0 Å². The summed E-state index contributed by atoms with van der Waals surface area (Å²) in [4.78, 5) is 24.0. The van der Waals surface area contributed by atoms with E-state index in [0.717, 1.165) is 28.1 Å². The molecule has 4 atom stereocenters. The first-order valence-corrected chi connectivity index (χ1v) is 15.2. The van der Waals surface area contributed by atoms with Crippen LogP contribution in [-0.2, 0) is 68.8 Å². The van der Waals surface area contributed by atoms with Crippen LogP contribution in [-0.4, -0.2) is 57.3 Å². The zero-order valence-corrected chi connectivity index (χ0v) is 24.3. The van der Waals surface area contributed by atoms with Crippen molar-refractivity contribution in [2.24, 2.45) is 0 Å². The molecule has 0 spiro atoms. The van der Waals surface area contributed by atoms with Crippen molar-refractivity contribution in [3.8, 4) is 0 Å². The molecule has 220 valence electrons. The van der Waals surface area contributed by atoms with Crippen LogP contribution in [0.1, 0.15) is 25.0 Å². The highest BCUT2D eigenvalue weighted by molar-refractivity contribution is 7.51. The third-order valence-corrected chi connectivity index (χ3v) is 8.50.